The maximum atomic E-state index is 2.40. The van der Waals surface area contributed by atoms with Gasteiger partial charge in [0.05, 0.1) is 18.5 Å². The highest BCUT2D eigenvalue weighted by Crippen LogP contribution is 2.20. The van der Waals surface area contributed by atoms with E-state index in [1.54, 1.807) is 0 Å². The second-order valence-corrected chi connectivity index (χ2v) is 4.15. The molecule has 13 heavy (non-hydrogen) atoms. The first-order valence-electron chi connectivity index (χ1n) is 5.66. The molecule has 0 bridgehead atoms. The minimum Gasteiger partial charge on any atom is -0.345 e. The van der Waals surface area contributed by atoms with Crippen molar-refractivity contribution >= 4 is 0 Å². The zero-order valence-electron chi connectivity index (χ0n) is 10.1. The molecule has 0 aromatic heterocycles. The van der Waals surface area contributed by atoms with E-state index in [2.05, 4.69) is 31.1 Å². The van der Waals surface area contributed by atoms with Crippen molar-refractivity contribution in [2.24, 2.45) is 5.41 Å². The van der Waals surface area contributed by atoms with Gasteiger partial charge < -0.3 is 10.2 Å². The van der Waals surface area contributed by atoms with Crippen LogP contribution in [0.3, 0.4) is 0 Å². The summed E-state index contributed by atoms with van der Waals surface area (Å²) in [5.74, 6) is 0. The summed E-state index contributed by atoms with van der Waals surface area (Å²) in [6.07, 6.45) is 1.37. The first-order valence-corrected chi connectivity index (χ1v) is 5.66. The van der Waals surface area contributed by atoms with E-state index in [1.807, 2.05) is 13.8 Å². The lowest BCUT2D eigenvalue weighted by molar-refractivity contribution is -0.740. The Labute approximate surface area is 83.7 Å². The van der Waals surface area contributed by atoms with Gasteiger partial charge in [0.25, 0.3) is 0 Å². The van der Waals surface area contributed by atoms with Crippen molar-refractivity contribution < 1.29 is 5.32 Å². The third-order valence-corrected chi connectivity index (χ3v) is 2.91. The summed E-state index contributed by atoms with van der Waals surface area (Å²) in [5.41, 5.74) is 0.656. The normalized spacial score (nSPS) is 18.9. The highest BCUT2D eigenvalue weighted by Gasteiger charge is 2.35. The van der Waals surface area contributed by atoms with Gasteiger partial charge in [-0.1, -0.05) is 20.8 Å². The van der Waals surface area contributed by atoms with Gasteiger partial charge in [0.15, 0.2) is 0 Å². The molecule has 0 spiro atoms. The second-order valence-electron chi connectivity index (χ2n) is 4.15. The molecule has 1 rings (SSSR count). The highest BCUT2D eigenvalue weighted by molar-refractivity contribution is 4.77. The average molecular weight is 187 g/mol. The number of quaternary nitrogens is 1. The Morgan fingerprint density at radius 1 is 1.31 bits per heavy atom. The molecule has 1 fully saturated rings. The molecular formula is C11H27N2+. The molecule has 1 saturated heterocycles. The maximum absolute atomic E-state index is 2.40. The fraction of sp³-hybridized carbons (Fsp3) is 1.00. The monoisotopic (exact) mass is 187 g/mol. The van der Waals surface area contributed by atoms with Crippen LogP contribution in [0.15, 0.2) is 0 Å². The number of nitrogens with two attached hydrogens (primary N) is 1. The first kappa shape index (κ1) is 12.9. The fourth-order valence-electron chi connectivity index (χ4n) is 1.46. The van der Waals surface area contributed by atoms with Crippen LogP contribution in [0.1, 0.15) is 34.1 Å². The van der Waals surface area contributed by atoms with Crippen LogP contribution in [-0.2, 0) is 0 Å². The smallest absolute Gasteiger partial charge is 0.0865 e. The van der Waals surface area contributed by atoms with E-state index < -0.39 is 0 Å². The van der Waals surface area contributed by atoms with Crippen LogP contribution in [0.25, 0.3) is 0 Å². The first-order chi connectivity index (χ1) is 6.16. The summed E-state index contributed by atoms with van der Waals surface area (Å²) < 4.78 is 0. The van der Waals surface area contributed by atoms with Crippen LogP contribution in [0.4, 0.5) is 0 Å². The van der Waals surface area contributed by atoms with E-state index in [-0.39, 0.29) is 0 Å². The van der Waals surface area contributed by atoms with Gasteiger partial charge in [-0.05, 0) is 33.5 Å². The highest BCUT2D eigenvalue weighted by atomic mass is 15.1. The molecule has 1 aliphatic heterocycles. The Morgan fingerprint density at radius 2 is 1.85 bits per heavy atom. The van der Waals surface area contributed by atoms with Gasteiger partial charge in [-0.15, -0.1) is 0 Å². The molecule has 2 N–H and O–H groups in total. The van der Waals surface area contributed by atoms with E-state index in [4.69, 9.17) is 0 Å². The van der Waals surface area contributed by atoms with Gasteiger partial charge in [-0.2, -0.15) is 0 Å². The molecule has 80 valence electrons. The predicted molar refractivity (Wildman–Crippen MR) is 58.9 cm³/mol. The summed E-state index contributed by atoms with van der Waals surface area (Å²) in [4.78, 5) is 2.39. The molecule has 0 unspecified atom stereocenters. The SMILES string of the molecule is CC.CCN(C)CCC1(C)C[NH2+]C1. The molecule has 1 heterocycles. The maximum Gasteiger partial charge on any atom is 0.0865 e. The molecular weight excluding hydrogens is 160 g/mol. The number of hydrogen-bond acceptors (Lipinski definition) is 1. The van der Waals surface area contributed by atoms with Gasteiger partial charge in [0.1, 0.15) is 0 Å². The Kier molecular flexibility index (Phi) is 6.35. The van der Waals surface area contributed by atoms with E-state index in [1.165, 1.54) is 32.6 Å². The zero-order chi connectivity index (χ0) is 10.3. The quantitative estimate of drug-likeness (QED) is 0.694. The van der Waals surface area contributed by atoms with Crippen LogP contribution in [-0.4, -0.2) is 38.1 Å². The van der Waals surface area contributed by atoms with E-state index in [9.17, 15) is 0 Å². The average Bonchev–Trinajstić information content (AvgIpc) is 2.14. The van der Waals surface area contributed by atoms with Gasteiger partial charge >= 0.3 is 0 Å². The third kappa shape index (κ3) is 4.63. The molecule has 2 nitrogen and oxygen atoms in total. The Hall–Kier alpha value is -0.0800. The van der Waals surface area contributed by atoms with Crippen molar-refractivity contribution in [3.05, 3.63) is 0 Å². The minimum atomic E-state index is 0.656. The van der Waals surface area contributed by atoms with E-state index in [0.717, 1.165) is 0 Å². The topological polar surface area (TPSA) is 19.9 Å². The van der Waals surface area contributed by atoms with Gasteiger partial charge in [-0.3, -0.25) is 0 Å². The largest absolute Gasteiger partial charge is 0.345 e. The van der Waals surface area contributed by atoms with Crippen LogP contribution >= 0.6 is 0 Å². The van der Waals surface area contributed by atoms with Crippen molar-refractivity contribution in [2.75, 3.05) is 33.2 Å². The van der Waals surface area contributed by atoms with Gasteiger partial charge in [-0.25, -0.2) is 0 Å². The molecule has 0 radical (unpaired) electrons. The Balaban J connectivity index is 0.000000671. The molecule has 0 saturated carbocycles. The molecule has 0 atom stereocenters. The lowest BCUT2D eigenvalue weighted by Gasteiger charge is -2.36. The second kappa shape index (κ2) is 6.39. The molecule has 2 heteroatoms. The van der Waals surface area contributed by atoms with Crippen LogP contribution in [0.2, 0.25) is 0 Å². The molecule has 0 aliphatic carbocycles. The summed E-state index contributed by atoms with van der Waals surface area (Å²) in [6.45, 7) is 13.7. The van der Waals surface area contributed by atoms with Crippen molar-refractivity contribution in [2.45, 2.75) is 34.1 Å². The zero-order valence-corrected chi connectivity index (χ0v) is 10.1. The predicted octanol–water partition coefficient (Wildman–Crippen LogP) is 0.938. The van der Waals surface area contributed by atoms with Crippen LogP contribution in [0.5, 0.6) is 0 Å². The molecule has 0 amide bonds. The lowest BCUT2D eigenvalue weighted by Crippen LogP contribution is -2.99. The van der Waals surface area contributed by atoms with Gasteiger partial charge in [0.2, 0.25) is 0 Å². The molecule has 0 aromatic carbocycles. The lowest BCUT2D eigenvalue weighted by atomic mass is 9.81. The van der Waals surface area contributed by atoms with Gasteiger partial charge in [0, 0.05) is 0 Å². The van der Waals surface area contributed by atoms with E-state index >= 15 is 0 Å². The fourth-order valence-corrected chi connectivity index (χ4v) is 1.46. The summed E-state index contributed by atoms with van der Waals surface area (Å²) >= 11 is 0. The van der Waals surface area contributed by atoms with Crippen molar-refractivity contribution in [1.82, 2.24) is 4.90 Å². The number of rotatable bonds is 4. The summed E-state index contributed by atoms with van der Waals surface area (Å²) in [5, 5.41) is 2.39. The number of hydrogen-bond donors (Lipinski definition) is 1. The minimum absolute atomic E-state index is 0.656. The Bertz CT molecular complexity index is 119. The number of nitrogens with zero attached hydrogens (tertiary/aromatic N) is 1. The van der Waals surface area contributed by atoms with E-state index in [0.29, 0.717) is 5.41 Å². The van der Waals surface area contributed by atoms with Crippen molar-refractivity contribution in [3.8, 4) is 0 Å². The Morgan fingerprint density at radius 3 is 2.15 bits per heavy atom. The molecule has 1 aliphatic rings. The third-order valence-electron chi connectivity index (χ3n) is 2.91. The summed E-state index contributed by atoms with van der Waals surface area (Å²) in [7, 11) is 2.20. The van der Waals surface area contributed by atoms with Crippen molar-refractivity contribution in [1.29, 1.82) is 0 Å². The standard InChI is InChI=1S/C9H20N2.C2H6/c1-4-11(3)6-5-9(2)7-10-8-9;1-2/h10H,4-8H2,1-3H3;1-2H3/p+1. The summed E-state index contributed by atoms with van der Waals surface area (Å²) in [6, 6.07) is 0. The van der Waals surface area contributed by atoms with Crippen LogP contribution in [0, 0.1) is 5.41 Å². The van der Waals surface area contributed by atoms with Crippen molar-refractivity contribution in [3.63, 3.8) is 0 Å². The van der Waals surface area contributed by atoms with Crippen LogP contribution < -0.4 is 5.32 Å². The molecule has 0 aromatic rings.